The topological polar surface area (TPSA) is 69.5 Å². The van der Waals surface area contributed by atoms with Crippen LogP contribution in [0, 0.1) is 13.8 Å². The van der Waals surface area contributed by atoms with Gasteiger partial charge in [0.25, 0.3) is 0 Å². The highest BCUT2D eigenvalue weighted by Crippen LogP contribution is 2.17. The van der Waals surface area contributed by atoms with E-state index in [2.05, 4.69) is 27.5 Å². The van der Waals surface area contributed by atoms with E-state index in [-0.39, 0.29) is 36.5 Å². The number of aromatic nitrogens is 1. The van der Waals surface area contributed by atoms with E-state index in [1.807, 2.05) is 44.2 Å². The second kappa shape index (κ2) is 11.4. The Balaban J connectivity index is 0.00000312. The van der Waals surface area contributed by atoms with Crippen LogP contribution in [0.15, 0.2) is 35.3 Å². The number of aliphatic hydroxyl groups is 1. The van der Waals surface area contributed by atoms with E-state index in [1.54, 1.807) is 11.3 Å². The second-order valence-electron chi connectivity index (χ2n) is 5.62. The summed E-state index contributed by atoms with van der Waals surface area (Å²) in [6, 6.07) is 10.0. The lowest BCUT2D eigenvalue weighted by molar-refractivity contribution is 0.265. The molecule has 25 heavy (non-hydrogen) atoms. The molecule has 1 atom stereocenters. The van der Waals surface area contributed by atoms with E-state index < -0.39 is 0 Å². The molecule has 0 amide bonds. The molecule has 2 rings (SSSR count). The highest BCUT2D eigenvalue weighted by molar-refractivity contribution is 14.0. The van der Waals surface area contributed by atoms with Crippen molar-refractivity contribution in [2.45, 2.75) is 33.2 Å². The van der Waals surface area contributed by atoms with Gasteiger partial charge in [0.2, 0.25) is 0 Å². The van der Waals surface area contributed by atoms with Gasteiger partial charge in [-0.25, -0.2) is 9.98 Å². The molecule has 0 bridgehead atoms. The van der Waals surface area contributed by atoms with Crippen LogP contribution in [0.2, 0.25) is 0 Å². The van der Waals surface area contributed by atoms with Gasteiger partial charge in [-0.3, -0.25) is 0 Å². The summed E-state index contributed by atoms with van der Waals surface area (Å²) in [7, 11) is 0. The van der Waals surface area contributed by atoms with Crippen LogP contribution in [0.3, 0.4) is 0 Å². The summed E-state index contributed by atoms with van der Waals surface area (Å²) in [5.74, 6) is 0.789. The Morgan fingerprint density at radius 2 is 1.96 bits per heavy atom. The molecule has 0 aliphatic rings. The second-order valence-corrected chi connectivity index (χ2v) is 6.90. The number of hydrogen-bond acceptors (Lipinski definition) is 4. The molecular formula is C18H27IN4OS. The third-order valence-electron chi connectivity index (χ3n) is 3.80. The summed E-state index contributed by atoms with van der Waals surface area (Å²) in [5, 5.41) is 17.2. The predicted molar refractivity (Wildman–Crippen MR) is 116 cm³/mol. The Morgan fingerprint density at radius 1 is 1.24 bits per heavy atom. The van der Waals surface area contributed by atoms with Gasteiger partial charge in [-0.05, 0) is 26.3 Å². The number of thiazole rings is 1. The first-order valence-electron chi connectivity index (χ1n) is 8.25. The fourth-order valence-electron chi connectivity index (χ4n) is 2.33. The van der Waals surface area contributed by atoms with Gasteiger partial charge in [0.05, 0.1) is 18.8 Å². The summed E-state index contributed by atoms with van der Waals surface area (Å²) >= 11 is 1.69. The molecule has 5 nitrogen and oxygen atoms in total. The van der Waals surface area contributed by atoms with Crippen molar-refractivity contribution in [3.8, 4) is 0 Å². The number of aliphatic hydroxyl groups excluding tert-OH is 1. The number of nitrogens with zero attached hydrogens (tertiary/aromatic N) is 2. The molecule has 1 aromatic heterocycles. The molecule has 138 valence electrons. The van der Waals surface area contributed by atoms with Crippen LogP contribution in [0.25, 0.3) is 0 Å². The van der Waals surface area contributed by atoms with Crippen LogP contribution >= 0.6 is 35.3 Å². The monoisotopic (exact) mass is 474 g/mol. The quantitative estimate of drug-likeness (QED) is 0.328. The number of nitrogens with one attached hydrogen (secondary N) is 2. The minimum Gasteiger partial charge on any atom is -0.396 e. The Morgan fingerprint density at radius 3 is 2.52 bits per heavy atom. The third kappa shape index (κ3) is 6.91. The molecule has 0 fully saturated rings. The van der Waals surface area contributed by atoms with E-state index in [0.29, 0.717) is 13.1 Å². The molecule has 0 aliphatic carbocycles. The summed E-state index contributed by atoms with van der Waals surface area (Å²) in [6.45, 7) is 8.21. The van der Waals surface area contributed by atoms with Crippen LogP contribution < -0.4 is 10.6 Å². The van der Waals surface area contributed by atoms with Crippen LogP contribution in [-0.2, 0) is 6.54 Å². The van der Waals surface area contributed by atoms with Gasteiger partial charge in [0, 0.05) is 23.9 Å². The van der Waals surface area contributed by atoms with Crippen LogP contribution in [0.1, 0.15) is 34.0 Å². The molecule has 0 saturated heterocycles. The third-order valence-corrected chi connectivity index (χ3v) is 4.85. The zero-order valence-electron chi connectivity index (χ0n) is 15.0. The van der Waals surface area contributed by atoms with Gasteiger partial charge in [0.1, 0.15) is 5.01 Å². The number of guanidine groups is 1. The fourth-order valence-corrected chi connectivity index (χ4v) is 3.19. The number of rotatable bonds is 7. The van der Waals surface area contributed by atoms with Crippen LogP contribution in [-0.4, -0.2) is 35.7 Å². The molecule has 7 heteroatoms. The van der Waals surface area contributed by atoms with E-state index in [9.17, 15) is 5.11 Å². The van der Waals surface area contributed by atoms with Crippen molar-refractivity contribution in [3.05, 3.63) is 51.5 Å². The van der Waals surface area contributed by atoms with E-state index in [1.165, 1.54) is 4.88 Å². The van der Waals surface area contributed by atoms with Gasteiger partial charge in [0.15, 0.2) is 5.96 Å². The first-order valence-corrected chi connectivity index (χ1v) is 9.06. The highest BCUT2D eigenvalue weighted by Gasteiger charge is 2.11. The molecule has 0 saturated carbocycles. The van der Waals surface area contributed by atoms with Crippen molar-refractivity contribution < 1.29 is 5.11 Å². The zero-order chi connectivity index (χ0) is 17.4. The van der Waals surface area contributed by atoms with Crippen molar-refractivity contribution in [2.24, 2.45) is 4.99 Å². The minimum atomic E-state index is 0. The highest BCUT2D eigenvalue weighted by atomic mass is 127. The smallest absolute Gasteiger partial charge is 0.191 e. The Labute approximate surface area is 171 Å². The average Bonchev–Trinajstić information content (AvgIpc) is 2.92. The SMILES string of the molecule is CCNC(=NCc1nc(C)c(C)s1)NCC(CO)c1ccccc1.I. The number of halogens is 1. The molecule has 1 heterocycles. The lowest BCUT2D eigenvalue weighted by atomic mass is 10.0. The van der Waals surface area contributed by atoms with Crippen molar-refractivity contribution in [2.75, 3.05) is 19.7 Å². The summed E-state index contributed by atoms with van der Waals surface area (Å²) < 4.78 is 0. The molecule has 0 aliphatic heterocycles. The summed E-state index contributed by atoms with van der Waals surface area (Å²) in [5.41, 5.74) is 2.20. The number of benzene rings is 1. The van der Waals surface area contributed by atoms with Crippen molar-refractivity contribution in [1.82, 2.24) is 15.6 Å². The maximum absolute atomic E-state index is 9.65. The van der Waals surface area contributed by atoms with E-state index in [0.717, 1.165) is 28.8 Å². The van der Waals surface area contributed by atoms with Crippen molar-refractivity contribution >= 4 is 41.3 Å². The minimum absolute atomic E-state index is 0. The largest absolute Gasteiger partial charge is 0.396 e. The Kier molecular flexibility index (Phi) is 9.99. The molecule has 1 unspecified atom stereocenters. The maximum atomic E-state index is 9.65. The molecule has 0 radical (unpaired) electrons. The normalized spacial score (nSPS) is 12.4. The summed E-state index contributed by atoms with van der Waals surface area (Å²) in [6.07, 6.45) is 0. The van der Waals surface area contributed by atoms with Gasteiger partial charge >= 0.3 is 0 Å². The first-order chi connectivity index (χ1) is 11.6. The Bertz CT molecular complexity index is 641. The van der Waals surface area contributed by atoms with Gasteiger partial charge in [-0.2, -0.15) is 0 Å². The number of hydrogen-bond donors (Lipinski definition) is 3. The first kappa shape index (κ1) is 21.9. The fraction of sp³-hybridized carbons (Fsp3) is 0.444. The number of aliphatic imine (C=N–C) groups is 1. The standard InChI is InChI=1S/C18H26N4OS.HI/c1-4-19-18(21-11-17-22-13(2)14(3)24-17)20-10-16(12-23)15-8-6-5-7-9-15;/h5-9,16,23H,4,10-12H2,1-3H3,(H2,19,20,21);1H. The molecule has 1 aromatic carbocycles. The zero-order valence-corrected chi connectivity index (χ0v) is 18.1. The van der Waals surface area contributed by atoms with Gasteiger partial charge < -0.3 is 15.7 Å². The number of aryl methyl sites for hydroxylation is 2. The predicted octanol–water partition coefficient (Wildman–Crippen LogP) is 3.21. The van der Waals surface area contributed by atoms with Gasteiger partial charge in [-0.15, -0.1) is 35.3 Å². The lowest BCUT2D eigenvalue weighted by Gasteiger charge is -2.17. The molecular weight excluding hydrogens is 447 g/mol. The lowest BCUT2D eigenvalue weighted by Crippen LogP contribution is -2.39. The van der Waals surface area contributed by atoms with Gasteiger partial charge in [-0.1, -0.05) is 30.3 Å². The molecule has 3 N–H and O–H groups in total. The molecule has 2 aromatic rings. The maximum Gasteiger partial charge on any atom is 0.191 e. The van der Waals surface area contributed by atoms with Crippen molar-refractivity contribution in [3.63, 3.8) is 0 Å². The summed E-state index contributed by atoms with van der Waals surface area (Å²) in [4.78, 5) is 10.4. The van der Waals surface area contributed by atoms with Crippen LogP contribution in [0.5, 0.6) is 0 Å². The average molecular weight is 474 g/mol. The van der Waals surface area contributed by atoms with Crippen LogP contribution in [0.4, 0.5) is 0 Å². The van der Waals surface area contributed by atoms with Crippen molar-refractivity contribution in [1.29, 1.82) is 0 Å². The van der Waals surface area contributed by atoms with E-state index in [4.69, 9.17) is 0 Å². The van der Waals surface area contributed by atoms with E-state index >= 15 is 0 Å². The molecule has 0 spiro atoms. The Hall–Kier alpha value is -1.19.